The molecule has 1 atom stereocenters. The topological polar surface area (TPSA) is 84.2 Å². The van der Waals surface area contributed by atoms with Crippen LogP contribution in [0.4, 0.5) is 8.78 Å². The van der Waals surface area contributed by atoms with E-state index in [1.165, 1.54) is 28.6 Å². The fourth-order valence-corrected chi connectivity index (χ4v) is 4.96. The zero-order chi connectivity index (χ0) is 19.2. The minimum Gasteiger partial charge on any atom is -0.479 e. The van der Waals surface area contributed by atoms with E-state index in [1.807, 2.05) is 0 Å². The smallest absolute Gasteiger partial charge is 0.330 e. The summed E-state index contributed by atoms with van der Waals surface area (Å²) in [5.74, 6) is -2.76. The van der Waals surface area contributed by atoms with Gasteiger partial charge in [0.05, 0.1) is 0 Å². The summed E-state index contributed by atoms with van der Waals surface area (Å²) < 4.78 is 29.1. The van der Waals surface area contributed by atoms with Crippen molar-refractivity contribution < 1.29 is 23.5 Å². The zero-order valence-corrected chi connectivity index (χ0v) is 15.1. The quantitative estimate of drug-likeness (QED) is 0.833. The van der Waals surface area contributed by atoms with Crippen LogP contribution in [-0.2, 0) is 17.6 Å². The molecule has 4 rings (SSSR count). The standard InChI is InChI=1S/C18H17F2N3O3S/c19-11-4-2-6-13(14(11)20)23-12-5-1-3-10(12)15(22-23)16(24)21-18(17(25)26)7-8-27-9-18/h2,4,6H,1,3,5,7-9H2,(H,21,24)(H,25,26). The van der Waals surface area contributed by atoms with Crippen molar-refractivity contribution in [1.29, 1.82) is 0 Å². The highest BCUT2D eigenvalue weighted by molar-refractivity contribution is 7.99. The Morgan fingerprint density at radius 2 is 2.11 bits per heavy atom. The van der Waals surface area contributed by atoms with Crippen LogP contribution < -0.4 is 5.32 Å². The van der Waals surface area contributed by atoms with Gasteiger partial charge in [-0.1, -0.05) is 6.07 Å². The third kappa shape index (κ3) is 2.90. The Balaban J connectivity index is 1.73. The Labute approximate surface area is 157 Å². The number of carboxylic acids is 1. The summed E-state index contributed by atoms with van der Waals surface area (Å²) >= 11 is 1.47. The number of halogens is 2. The van der Waals surface area contributed by atoms with Crippen molar-refractivity contribution in [2.45, 2.75) is 31.2 Å². The van der Waals surface area contributed by atoms with E-state index in [1.54, 1.807) is 0 Å². The lowest BCUT2D eigenvalue weighted by molar-refractivity contribution is -0.143. The van der Waals surface area contributed by atoms with E-state index in [0.29, 0.717) is 36.3 Å². The van der Waals surface area contributed by atoms with Gasteiger partial charge in [-0.2, -0.15) is 16.9 Å². The number of amides is 1. The van der Waals surface area contributed by atoms with E-state index < -0.39 is 29.0 Å². The van der Waals surface area contributed by atoms with Crippen molar-refractivity contribution in [2.24, 2.45) is 0 Å². The number of fused-ring (bicyclic) bond motifs is 1. The van der Waals surface area contributed by atoms with E-state index in [0.717, 1.165) is 12.5 Å². The second-order valence-electron chi connectivity index (χ2n) is 6.76. The lowest BCUT2D eigenvalue weighted by Gasteiger charge is -2.24. The predicted octanol–water partition coefficient (Wildman–Crippen LogP) is 2.33. The third-order valence-electron chi connectivity index (χ3n) is 5.09. The molecule has 27 heavy (non-hydrogen) atoms. The minimum atomic E-state index is -1.32. The summed E-state index contributed by atoms with van der Waals surface area (Å²) in [6.07, 6.45) is 2.28. The van der Waals surface area contributed by atoms with Crippen molar-refractivity contribution in [1.82, 2.24) is 15.1 Å². The molecule has 0 bridgehead atoms. The molecule has 2 aromatic rings. The molecule has 1 aromatic heterocycles. The molecule has 0 radical (unpaired) electrons. The van der Waals surface area contributed by atoms with Crippen molar-refractivity contribution in [3.63, 3.8) is 0 Å². The van der Waals surface area contributed by atoms with Crippen LogP contribution in [0, 0.1) is 11.6 Å². The number of nitrogens with zero attached hydrogens (tertiary/aromatic N) is 2. The molecule has 142 valence electrons. The van der Waals surface area contributed by atoms with Crippen LogP contribution in [0.3, 0.4) is 0 Å². The molecule has 2 aliphatic rings. The molecule has 0 saturated carbocycles. The van der Waals surface area contributed by atoms with Gasteiger partial charge in [0.15, 0.2) is 17.3 Å². The third-order valence-corrected chi connectivity index (χ3v) is 6.28. The number of hydrogen-bond acceptors (Lipinski definition) is 4. The Bertz CT molecular complexity index is 938. The lowest BCUT2D eigenvalue weighted by atomic mass is 9.98. The maximum absolute atomic E-state index is 14.2. The van der Waals surface area contributed by atoms with Gasteiger partial charge in [0.1, 0.15) is 11.2 Å². The molecular formula is C18H17F2N3O3S. The average Bonchev–Trinajstić information content (AvgIpc) is 3.34. The van der Waals surface area contributed by atoms with Gasteiger partial charge in [0, 0.05) is 17.0 Å². The first-order valence-corrected chi connectivity index (χ1v) is 9.77. The van der Waals surface area contributed by atoms with Gasteiger partial charge in [-0.15, -0.1) is 0 Å². The van der Waals surface area contributed by atoms with Gasteiger partial charge in [0.2, 0.25) is 0 Å². The molecule has 1 unspecified atom stereocenters. The van der Waals surface area contributed by atoms with Crippen LogP contribution in [0.25, 0.3) is 5.69 Å². The maximum Gasteiger partial charge on any atom is 0.330 e. The van der Waals surface area contributed by atoms with Crippen LogP contribution in [0.1, 0.15) is 34.6 Å². The fraction of sp³-hybridized carbons (Fsp3) is 0.389. The van der Waals surface area contributed by atoms with E-state index in [-0.39, 0.29) is 17.1 Å². The largest absolute Gasteiger partial charge is 0.479 e. The van der Waals surface area contributed by atoms with Crippen LogP contribution in [0.15, 0.2) is 18.2 Å². The van der Waals surface area contributed by atoms with Crippen molar-refractivity contribution >= 4 is 23.6 Å². The number of carbonyl (C=O) groups excluding carboxylic acids is 1. The zero-order valence-electron chi connectivity index (χ0n) is 14.3. The monoisotopic (exact) mass is 393 g/mol. The highest BCUT2D eigenvalue weighted by Crippen LogP contribution is 2.31. The summed E-state index contributed by atoms with van der Waals surface area (Å²) in [5.41, 5.74) is 0.0404. The Morgan fingerprint density at radius 1 is 1.30 bits per heavy atom. The van der Waals surface area contributed by atoms with Crippen LogP contribution >= 0.6 is 11.8 Å². The number of benzene rings is 1. The molecule has 1 amide bonds. The molecule has 2 heterocycles. The summed E-state index contributed by atoms with van der Waals surface area (Å²) in [4.78, 5) is 24.5. The summed E-state index contributed by atoms with van der Waals surface area (Å²) in [6.45, 7) is 0. The molecule has 9 heteroatoms. The number of aromatic nitrogens is 2. The van der Waals surface area contributed by atoms with Crippen LogP contribution in [-0.4, -0.2) is 43.8 Å². The summed E-state index contributed by atoms with van der Waals surface area (Å²) in [7, 11) is 0. The van der Waals surface area contributed by atoms with Crippen molar-refractivity contribution in [2.75, 3.05) is 11.5 Å². The van der Waals surface area contributed by atoms with Gasteiger partial charge in [0.25, 0.3) is 5.91 Å². The molecular weight excluding hydrogens is 376 g/mol. The summed E-state index contributed by atoms with van der Waals surface area (Å²) in [6, 6.07) is 3.80. The molecule has 1 fully saturated rings. The number of aliphatic carboxylic acids is 1. The second kappa shape index (κ2) is 6.63. The minimum absolute atomic E-state index is 0.0587. The summed E-state index contributed by atoms with van der Waals surface area (Å²) in [5, 5.41) is 16.4. The van der Waals surface area contributed by atoms with Gasteiger partial charge in [-0.05, 0) is 43.6 Å². The Hall–Kier alpha value is -2.42. The molecule has 2 N–H and O–H groups in total. The second-order valence-corrected chi connectivity index (χ2v) is 7.86. The number of nitrogens with one attached hydrogen (secondary N) is 1. The van der Waals surface area contributed by atoms with Crippen LogP contribution in [0.2, 0.25) is 0 Å². The first-order chi connectivity index (χ1) is 12.9. The number of carboxylic acid groups (broad SMARTS) is 1. The molecule has 6 nitrogen and oxygen atoms in total. The van der Waals surface area contributed by atoms with Crippen LogP contribution in [0.5, 0.6) is 0 Å². The van der Waals surface area contributed by atoms with E-state index in [4.69, 9.17) is 0 Å². The first-order valence-electron chi connectivity index (χ1n) is 8.62. The predicted molar refractivity (Wildman–Crippen MR) is 95.3 cm³/mol. The Kier molecular flexibility index (Phi) is 4.41. The fourth-order valence-electron chi connectivity index (χ4n) is 3.64. The van der Waals surface area contributed by atoms with Gasteiger partial charge in [-0.3, -0.25) is 4.79 Å². The normalized spacial score (nSPS) is 21.3. The van der Waals surface area contributed by atoms with Gasteiger partial charge >= 0.3 is 5.97 Å². The van der Waals surface area contributed by atoms with Crippen molar-refractivity contribution in [3.8, 4) is 5.69 Å². The SMILES string of the molecule is O=C(NC1(C(=O)O)CCSC1)c1nn(-c2cccc(F)c2F)c2c1CCC2. The lowest BCUT2D eigenvalue weighted by Crippen LogP contribution is -2.55. The molecule has 1 aliphatic carbocycles. The number of hydrogen-bond donors (Lipinski definition) is 2. The Morgan fingerprint density at radius 3 is 2.81 bits per heavy atom. The van der Waals surface area contributed by atoms with Gasteiger partial charge < -0.3 is 10.4 Å². The maximum atomic E-state index is 14.2. The molecule has 1 saturated heterocycles. The molecule has 0 spiro atoms. The molecule has 1 aromatic carbocycles. The van der Waals surface area contributed by atoms with E-state index in [9.17, 15) is 23.5 Å². The van der Waals surface area contributed by atoms with Gasteiger partial charge in [-0.25, -0.2) is 18.3 Å². The highest BCUT2D eigenvalue weighted by Gasteiger charge is 2.44. The highest BCUT2D eigenvalue weighted by atomic mass is 32.2. The number of rotatable bonds is 4. The van der Waals surface area contributed by atoms with E-state index in [2.05, 4.69) is 10.4 Å². The van der Waals surface area contributed by atoms with Crippen molar-refractivity contribution in [3.05, 3.63) is 46.8 Å². The average molecular weight is 393 g/mol. The number of thioether (sulfide) groups is 1. The molecule has 1 aliphatic heterocycles. The number of carbonyl (C=O) groups is 2. The van der Waals surface area contributed by atoms with E-state index >= 15 is 0 Å². The first kappa shape index (κ1) is 18.0.